The quantitative estimate of drug-likeness (QED) is 0.813. The second-order valence-corrected chi connectivity index (χ2v) is 6.42. The summed E-state index contributed by atoms with van der Waals surface area (Å²) >= 11 is 0. The number of aliphatic hydroxyl groups excluding tert-OH is 1. The topological polar surface area (TPSA) is 40.5 Å². The average Bonchev–Trinajstić information content (AvgIpc) is 2.54. The van der Waals surface area contributed by atoms with E-state index in [9.17, 15) is 9.32 Å². The van der Waals surface area contributed by atoms with Crippen LogP contribution in [-0.2, 0) is 17.3 Å². The molecule has 0 radical (unpaired) electrons. The molecular weight excluding hydrogens is 282 g/mol. The van der Waals surface area contributed by atoms with Crippen molar-refractivity contribution in [2.45, 2.75) is 11.4 Å². The lowest BCUT2D eigenvalue weighted by molar-refractivity contribution is 0.197. The number of aliphatic hydroxyl groups is 1. The van der Waals surface area contributed by atoms with Gasteiger partial charge in [0.2, 0.25) is 0 Å². The Kier molecular flexibility index (Phi) is 6.60. The normalized spacial score (nSPS) is 12.5. The lowest BCUT2D eigenvalue weighted by Crippen LogP contribution is -2.30. The third-order valence-electron chi connectivity index (χ3n) is 3.26. The van der Waals surface area contributed by atoms with Crippen LogP contribution in [0.25, 0.3) is 0 Å². The van der Waals surface area contributed by atoms with Crippen LogP contribution in [0.15, 0.2) is 65.6 Å². The smallest absolute Gasteiger partial charge is 0.0558 e. The fraction of sp³-hybridized carbons (Fsp3) is 0.294. The van der Waals surface area contributed by atoms with Gasteiger partial charge in [0, 0.05) is 30.3 Å². The maximum Gasteiger partial charge on any atom is 0.0558 e. The van der Waals surface area contributed by atoms with Gasteiger partial charge in [0.05, 0.1) is 17.4 Å². The highest BCUT2D eigenvalue weighted by Crippen LogP contribution is 2.08. The van der Waals surface area contributed by atoms with Gasteiger partial charge in [0.15, 0.2) is 0 Å². The first-order chi connectivity index (χ1) is 10.3. The predicted molar refractivity (Wildman–Crippen MR) is 86.5 cm³/mol. The van der Waals surface area contributed by atoms with Crippen molar-refractivity contribution in [2.24, 2.45) is 0 Å². The Hall–Kier alpha value is -1.49. The zero-order valence-electron chi connectivity index (χ0n) is 12.0. The Morgan fingerprint density at radius 3 is 2.14 bits per heavy atom. The van der Waals surface area contributed by atoms with Crippen molar-refractivity contribution >= 4 is 10.8 Å². The van der Waals surface area contributed by atoms with Gasteiger partial charge in [-0.2, -0.15) is 0 Å². The molecule has 0 bridgehead atoms. The predicted octanol–water partition coefficient (Wildman–Crippen LogP) is 2.29. The molecular formula is C17H21NO2S. The molecule has 1 unspecified atom stereocenters. The highest BCUT2D eigenvalue weighted by Gasteiger charge is 2.09. The van der Waals surface area contributed by atoms with E-state index in [4.69, 9.17) is 0 Å². The number of nitrogens with zero attached hydrogens (tertiary/aromatic N) is 1. The molecule has 0 saturated carbocycles. The van der Waals surface area contributed by atoms with E-state index in [1.165, 1.54) is 5.56 Å². The lowest BCUT2D eigenvalue weighted by Gasteiger charge is -2.21. The van der Waals surface area contributed by atoms with Crippen molar-refractivity contribution in [2.75, 3.05) is 25.4 Å². The summed E-state index contributed by atoms with van der Waals surface area (Å²) in [5.41, 5.74) is 1.21. The van der Waals surface area contributed by atoms with Crippen molar-refractivity contribution in [1.82, 2.24) is 4.90 Å². The van der Waals surface area contributed by atoms with Crippen LogP contribution in [0.5, 0.6) is 0 Å². The SMILES string of the molecule is O=S(CCN(CCO)Cc1ccccc1)c1ccccc1. The minimum Gasteiger partial charge on any atom is -0.395 e. The molecule has 0 aliphatic rings. The minimum absolute atomic E-state index is 0.116. The molecule has 0 spiro atoms. The van der Waals surface area contributed by atoms with E-state index in [1.807, 2.05) is 48.5 Å². The largest absolute Gasteiger partial charge is 0.395 e. The zero-order chi connectivity index (χ0) is 14.9. The molecule has 0 aromatic heterocycles. The molecule has 4 heteroatoms. The fourth-order valence-corrected chi connectivity index (χ4v) is 3.28. The number of hydrogen-bond donors (Lipinski definition) is 1. The van der Waals surface area contributed by atoms with Gasteiger partial charge in [0.1, 0.15) is 0 Å². The molecule has 0 heterocycles. The standard InChI is InChI=1S/C17H21NO2S/c19-13-11-18(15-16-7-3-1-4-8-16)12-14-21(20)17-9-5-2-6-10-17/h1-10,19H,11-15H2. The van der Waals surface area contributed by atoms with Gasteiger partial charge in [-0.05, 0) is 17.7 Å². The first-order valence-corrected chi connectivity index (χ1v) is 8.42. The monoisotopic (exact) mass is 303 g/mol. The van der Waals surface area contributed by atoms with Crippen molar-refractivity contribution in [3.05, 3.63) is 66.2 Å². The summed E-state index contributed by atoms with van der Waals surface area (Å²) in [6, 6.07) is 19.7. The fourth-order valence-electron chi connectivity index (χ4n) is 2.16. The lowest BCUT2D eigenvalue weighted by atomic mass is 10.2. The number of benzene rings is 2. The Morgan fingerprint density at radius 1 is 0.905 bits per heavy atom. The first kappa shape index (κ1) is 15.9. The molecule has 1 atom stereocenters. The Balaban J connectivity index is 1.89. The van der Waals surface area contributed by atoms with Crippen LogP contribution in [0.4, 0.5) is 0 Å². The van der Waals surface area contributed by atoms with Crippen LogP contribution in [-0.4, -0.2) is 39.7 Å². The number of hydrogen-bond acceptors (Lipinski definition) is 3. The van der Waals surface area contributed by atoms with Crippen LogP contribution in [0.3, 0.4) is 0 Å². The van der Waals surface area contributed by atoms with Gasteiger partial charge in [-0.25, -0.2) is 0 Å². The molecule has 0 saturated heterocycles. The van der Waals surface area contributed by atoms with Crippen LogP contribution in [0.2, 0.25) is 0 Å². The van der Waals surface area contributed by atoms with Crippen molar-refractivity contribution < 1.29 is 9.32 Å². The molecule has 2 rings (SSSR count). The number of rotatable bonds is 8. The van der Waals surface area contributed by atoms with Gasteiger partial charge in [-0.3, -0.25) is 9.11 Å². The summed E-state index contributed by atoms with van der Waals surface area (Å²) in [6.45, 7) is 2.19. The third-order valence-corrected chi connectivity index (χ3v) is 4.62. The van der Waals surface area contributed by atoms with E-state index in [-0.39, 0.29) is 6.61 Å². The molecule has 0 aliphatic heterocycles. The van der Waals surface area contributed by atoms with Crippen LogP contribution >= 0.6 is 0 Å². The van der Waals surface area contributed by atoms with E-state index >= 15 is 0 Å². The van der Waals surface area contributed by atoms with Gasteiger partial charge >= 0.3 is 0 Å². The van der Waals surface area contributed by atoms with E-state index in [0.29, 0.717) is 18.8 Å². The molecule has 0 aliphatic carbocycles. The van der Waals surface area contributed by atoms with Gasteiger partial charge in [-0.1, -0.05) is 48.5 Å². The average molecular weight is 303 g/mol. The van der Waals surface area contributed by atoms with E-state index in [2.05, 4.69) is 17.0 Å². The third kappa shape index (κ3) is 5.42. The van der Waals surface area contributed by atoms with Gasteiger partial charge in [-0.15, -0.1) is 0 Å². The second-order valence-electron chi connectivity index (χ2n) is 4.85. The summed E-state index contributed by atoms with van der Waals surface area (Å²) in [6.07, 6.45) is 0. The van der Waals surface area contributed by atoms with Gasteiger partial charge in [0.25, 0.3) is 0 Å². The molecule has 1 N–H and O–H groups in total. The van der Waals surface area contributed by atoms with Crippen molar-refractivity contribution in [3.63, 3.8) is 0 Å². The summed E-state index contributed by atoms with van der Waals surface area (Å²) in [4.78, 5) is 3.00. The Bertz CT molecular complexity index is 545. The molecule has 112 valence electrons. The van der Waals surface area contributed by atoms with Crippen LogP contribution in [0, 0.1) is 0 Å². The molecule has 0 fully saturated rings. The maximum absolute atomic E-state index is 12.2. The van der Waals surface area contributed by atoms with E-state index in [1.54, 1.807) is 0 Å². The van der Waals surface area contributed by atoms with Gasteiger partial charge < -0.3 is 5.11 Å². The minimum atomic E-state index is -0.989. The molecule has 0 amide bonds. The van der Waals surface area contributed by atoms with E-state index < -0.39 is 10.8 Å². The summed E-state index contributed by atoms with van der Waals surface area (Å²) in [7, 11) is -0.989. The molecule has 2 aromatic carbocycles. The summed E-state index contributed by atoms with van der Waals surface area (Å²) < 4.78 is 12.2. The van der Waals surface area contributed by atoms with Crippen LogP contribution in [0.1, 0.15) is 5.56 Å². The zero-order valence-corrected chi connectivity index (χ0v) is 12.8. The highest BCUT2D eigenvalue weighted by atomic mass is 32.2. The first-order valence-electron chi connectivity index (χ1n) is 7.10. The maximum atomic E-state index is 12.2. The van der Waals surface area contributed by atoms with Crippen LogP contribution < -0.4 is 0 Å². The van der Waals surface area contributed by atoms with E-state index in [0.717, 1.165) is 11.4 Å². The Labute approximate surface area is 128 Å². The summed E-state index contributed by atoms with van der Waals surface area (Å²) in [5, 5.41) is 9.18. The molecule has 21 heavy (non-hydrogen) atoms. The van der Waals surface area contributed by atoms with Crippen molar-refractivity contribution in [1.29, 1.82) is 0 Å². The van der Waals surface area contributed by atoms with Crippen molar-refractivity contribution in [3.8, 4) is 0 Å². The summed E-state index contributed by atoms with van der Waals surface area (Å²) in [5.74, 6) is 0.580. The Morgan fingerprint density at radius 2 is 1.52 bits per heavy atom. The molecule has 2 aromatic rings. The highest BCUT2D eigenvalue weighted by molar-refractivity contribution is 7.85. The molecule has 3 nitrogen and oxygen atoms in total. The second kappa shape index (κ2) is 8.72.